The molecule has 103 heavy (non-hydrogen) atoms. The first-order chi connectivity index (χ1) is 48.5. The van der Waals surface area contributed by atoms with Crippen LogP contribution in [-0.2, 0) is 90.2 Å². The summed E-state index contributed by atoms with van der Waals surface area (Å²) in [7, 11) is 0. The Labute approximate surface area is 582 Å². The number of carboxylic acids is 1. The van der Waals surface area contributed by atoms with Gasteiger partial charge in [0.2, 0.25) is 17.7 Å². The Bertz CT molecular complexity index is 2730. The summed E-state index contributed by atoms with van der Waals surface area (Å²) in [6, 6.07) is -5.81. The standard InChI is InChI=1S/C57H95N3O43/c1-13-28(73)35(80)38(83)52(89-13)101-48-47(33(78)22(10-65)94-55(48)97-41-24(12-67)95-50(26(34(41)79)59-15(3)69)99-45-31(76)20(8-63)92-53(39(45)84)96-42-23(11-66)90-49(86)37(82)36(42)81)100-51-27(60-16(4)70)43(30(75)19(7-62)91-51)98-54-40(85)46(32(77)21(9-64)93-54)103-57(56(87)88)5-17(71)25(58-14(2)68)44(102-57)29(74)18(72)6-61/h13,17-55,61-67,71-86H,5-12H2,1-4H3,(H,58,68)(H,59,69)(H,60,70)(H,87,88)/t13-,17-,18+,19+,20+,21+,22+,23+,24+,25+,26+,27+,28+,29+,30-,31-,32-,33-,34+,35+,36+,37+,38-,39+,40+,41+,42+,43+,44+,45-,46-,47-,48+,49+,50-,51+,52-,53-,54-,55-,57-/m0/s1. The van der Waals surface area contributed by atoms with E-state index in [-0.39, 0.29) is 0 Å². The van der Waals surface area contributed by atoms with Crippen molar-refractivity contribution in [1.82, 2.24) is 16.0 Å². The lowest BCUT2D eigenvalue weighted by Crippen LogP contribution is -2.72. The van der Waals surface area contributed by atoms with Crippen molar-refractivity contribution in [1.29, 1.82) is 0 Å². The number of amides is 3. The van der Waals surface area contributed by atoms with Crippen LogP contribution in [0.2, 0.25) is 0 Å². The summed E-state index contributed by atoms with van der Waals surface area (Å²) >= 11 is 0. The maximum Gasteiger partial charge on any atom is 0.364 e. The number of carboxylic acid groups (broad SMARTS) is 1. The number of carbonyl (C=O) groups is 4. The van der Waals surface area contributed by atoms with E-state index in [1.54, 1.807) is 0 Å². The van der Waals surface area contributed by atoms with Crippen molar-refractivity contribution in [3.05, 3.63) is 0 Å². The smallest absolute Gasteiger partial charge is 0.364 e. The highest BCUT2D eigenvalue weighted by Gasteiger charge is 2.63. The van der Waals surface area contributed by atoms with E-state index in [0.29, 0.717) is 0 Å². The lowest BCUT2D eigenvalue weighted by Gasteiger charge is -2.52. The molecule has 0 aromatic carbocycles. The molecule has 0 saturated carbocycles. The van der Waals surface area contributed by atoms with Gasteiger partial charge in [-0.1, -0.05) is 0 Å². The molecule has 8 fully saturated rings. The van der Waals surface area contributed by atoms with Gasteiger partial charge in [-0.3, -0.25) is 14.4 Å². The van der Waals surface area contributed by atoms with Crippen molar-refractivity contribution >= 4 is 23.7 Å². The number of carbonyl (C=O) groups excluding carboxylic acids is 3. The maximum absolute atomic E-state index is 13.3. The third-order valence-corrected chi connectivity index (χ3v) is 18.8. The van der Waals surface area contributed by atoms with Gasteiger partial charge in [0.15, 0.2) is 44.0 Å². The summed E-state index contributed by atoms with van der Waals surface area (Å²) in [4.78, 5) is 51.8. The number of hydrogen-bond donors (Lipinski definition) is 27. The predicted molar refractivity (Wildman–Crippen MR) is 315 cm³/mol. The van der Waals surface area contributed by atoms with Crippen LogP contribution in [0.1, 0.15) is 34.1 Å². The van der Waals surface area contributed by atoms with Crippen molar-refractivity contribution in [3.63, 3.8) is 0 Å². The Kier molecular flexibility index (Phi) is 29.9. The van der Waals surface area contributed by atoms with Gasteiger partial charge in [-0.25, -0.2) is 4.79 Å². The molecule has 8 rings (SSSR count). The fourth-order valence-electron chi connectivity index (χ4n) is 13.3. The molecular formula is C57H95N3O43. The van der Waals surface area contributed by atoms with Crippen molar-refractivity contribution < 1.29 is 213 Å². The van der Waals surface area contributed by atoms with Gasteiger partial charge in [0.1, 0.15) is 183 Å². The predicted octanol–water partition coefficient (Wildman–Crippen LogP) is -17.8. The zero-order valence-electron chi connectivity index (χ0n) is 55.2. The van der Waals surface area contributed by atoms with Gasteiger partial charge in [0, 0.05) is 27.2 Å². The normalized spacial score (nSPS) is 48.3. The Hall–Kier alpha value is -3.64. The van der Waals surface area contributed by atoms with Gasteiger partial charge < -0.3 is 210 Å². The first-order valence-corrected chi connectivity index (χ1v) is 32.6. The van der Waals surface area contributed by atoms with E-state index in [2.05, 4.69) is 16.0 Å². The molecule has 0 aromatic heterocycles. The first-order valence-electron chi connectivity index (χ1n) is 32.6. The van der Waals surface area contributed by atoms with E-state index < -0.39 is 327 Å². The molecule has 46 heteroatoms. The molecule has 8 saturated heterocycles. The number of nitrogens with one attached hydrogen (secondary N) is 3. The van der Waals surface area contributed by atoms with Gasteiger partial charge >= 0.3 is 5.97 Å². The summed E-state index contributed by atoms with van der Waals surface area (Å²) in [5.41, 5.74) is 0. The largest absolute Gasteiger partial charge is 0.477 e. The molecule has 8 aliphatic heterocycles. The Morgan fingerprint density at radius 2 is 0.796 bits per heavy atom. The van der Waals surface area contributed by atoms with E-state index in [4.69, 9.17) is 71.1 Å². The topological polar surface area (TPSA) is 728 Å². The molecule has 0 unspecified atom stereocenters. The molecule has 0 aromatic rings. The van der Waals surface area contributed by atoms with Crippen LogP contribution in [0, 0.1) is 0 Å². The molecule has 0 aliphatic carbocycles. The molecule has 0 radical (unpaired) electrons. The maximum atomic E-state index is 13.3. The highest BCUT2D eigenvalue weighted by atomic mass is 16.8. The number of ether oxygens (including phenoxy) is 15. The summed E-state index contributed by atoms with van der Waals surface area (Å²) in [6.07, 6.45) is -79.8. The minimum Gasteiger partial charge on any atom is -0.477 e. The van der Waals surface area contributed by atoms with Gasteiger partial charge in [-0.15, -0.1) is 0 Å². The second kappa shape index (κ2) is 36.3. The van der Waals surface area contributed by atoms with Crippen LogP contribution in [-0.4, -0.2) is 444 Å². The first kappa shape index (κ1) is 85.0. The van der Waals surface area contributed by atoms with Crippen LogP contribution in [0.3, 0.4) is 0 Å². The quantitative estimate of drug-likeness (QED) is 0.0363. The van der Waals surface area contributed by atoms with Crippen molar-refractivity contribution in [2.45, 2.75) is 285 Å². The van der Waals surface area contributed by atoms with E-state index in [0.717, 1.165) is 20.8 Å². The second-order valence-corrected chi connectivity index (χ2v) is 26.0. The fourth-order valence-corrected chi connectivity index (χ4v) is 13.3. The molecule has 0 bridgehead atoms. The lowest BCUT2D eigenvalue weighted by atomic mass is 9.88. The molecule has 41 atom stereocenters. The number of aliphatic carboxylic acids is 1. The SMILES string of the molecule is CC(=O)N[C@H]1[C@H](O[C@H]2[C@@H](O)[C@@H](CO)O[C@@H](O[C@H]3[C@H](O)[C@@H](O)[C@H](O)O[C@@H]3CO)[C@@H]2O)O[C@H](CO)[C@@H](O[C@@H]2O[C@H](CO)[C@H](O)[C@H](O[C@H]3O[C@H](CO)[C@H](O)[C@H](O[C@@H]4O[C@H](CO)[C@H](O)[C@H](O[C@]5(C(=O)O)C[C@H](O)[C@@H](NC(C)=O)[C@H]([C@H](O)[C@H](O)CO)O5)[C@H]4O)[C@H]3NC(C)=O)[C@H]2O[C@@H]2O[C@@H](C)[C@@H](O)[C@@H](O)[C@@H]2O)[C@@H]1O. The summed E-state index contributed by atoms with van der Waals surface area (Å²) in [5.74, 6) is -8.34. The lowest BCUT2D eigenvalue weighted by molar-refractivity contribution is -0.405. The Morgan fingerprint density at radius 1 is 0.398 bits per heavy atom. The van der Waals surface area contributed by atoms with Gasteiger partial charge in [0.25, 0.3) is 5.79 Å². The Morgan fingerprint density at radius 3 is 1.33 bits per heavy atom. The van der Waals surface area contributed by atoms with E-state index in [1.165, 1.54) is 6.92 Å². The minimum absolute atomic E-state index is 0.873. The van der Waals surface area contributed by atoms with Crippen LogP contribution in [0.25, 0.3) is 0 Å². The van der Waals surface area contributed by atoms with Gasteiger partial charge in [-0.2, -0.15) is 0 Å². The third-order valence-electron chi connectivity index (χ3n) is 18.8. The third kappa shape index (κ3) is 18.3. The number of aliphatic hydroxyl groups excluding tert-OH is 23. The van der Waals surface area contributed by atoms with Crippen LogP contribution < -0.4 is 16.0 Å². The van der Waals surface area contributed by atoms with Crippen LogP contribution >= 0.6 is 0 Å². The van der Waals surface area contributed by atoms with Crippen molar-refractivity contribution in [2.24, 2.45) is 0 Å². The van der Waals surface area contributed by atoms with Crippen LogP contribution in [0.15, 0.2) is 0 Å². The molecule has 596 valence electrons. The second-order valence-electron chi connectivity index (χ2n) is 26.0. The van der Waals surface area contributed by atoms with Crippen LogP contribution in [0.4, 0.5) is 0 Å². The average Bonchev–Trinajstić information content (AvgIpc) is 0.702. The molecule has 46 nitrogen and oxygen atoms in total. The average molecular weight is 1510 g/mol. The van der Waals surface area contributed by atoms with E-state index in [1.807, 2.05) is 0 Å². The van der Waals surface area contributed by atoms with Gasteiger partial charge in [-0.05, 0) is 6.92 Å². The highest BCUT2D eigenvalue weighted by Crippen LogP contribution is 2.42. The molecule has 8 heterocycles. The number of rotatable bonds is 27. The fraction of sp³-hybridized carbons (Fsp3) is 0.930. The molecular weight excluding hydrogens is 1410 g/mol. The molecule has 0 spiro atoms. The number of aliphatic hydroxyl groups is 23. The molecule has 3 amide bonds. The minimum atomic E-state index is -3.31. The monoisotopic (exact) mass is 1510 g/mol. The summed E-state index contributed by atoms with van der Waals surface area (Å²) in [5, 5.41) is 271. The highest BCUT2D eigenvalue weighted by molar-refractivity contribution is 5.77. The number of hydrogen-bond acceptors (Lipinski definition) is 42. The zero-order valence-corrected chi connectivity index (χ0v) is 55.2. The zero-order chi connectivity index (χ0) is 76.3. The van der Waals surface area contributed by atoms with Gasteiger partial charge in [0.05, 0.1) is 64.5 Å². The van der Waals surface area contributed by atoms with E-state index in [9.17, 15) is 142 Å². The molecule has 27 N–H and O–H groups in total. The Balaban J connectivity index is 1.12. The summed E-state index contributed by atoms with van der Waals surface area (Å²) < 4.78 is 88.3. The van der Waals surface area contributed by atoms with Crippen molar-refractivity contribution in [3.8, 4) is 0 Å². The molecule has 8 aliphatic rings. The summed E-state index contributed by atoms with van der Waals surface area (Å²) in [6.45, 7) is -4.13. The van der Waals surface area contributed by atoms with Crippen LogP contribution in [0.5, 0.6) is 0 Å². The van der Waals surface area contributed by atoms with E-state index >= 15 is 0 Å². The van der Waals surface area contributed by atoms with Crippen molar-refractivity contribution in [2.75, 3.05) is 46.2 Å².